The summed E-state index contributed by atoms with van der Waals surface area (Å²) >= 11 is 7.63. The second-order valence-electron chi connectivity index (χ2n) is 6.43. The molecular formula is C19H24ClN2O2S+. The maximum atomic E-state index is 12.4. The molecular weight excluding hydrogens is 356 g/mol. The zero-order chi connectivity index (χ0) is 17.5. The number of carbonyl (C=O) groups excluding carboxylic acids is 1. The first kappa shape index (κ1) is 18.4. The van der Waals surface area contributed by atoms with Crippen LogP contribution >= 0.6 is 22.9 Å². The number of amides is 1. The Morgan fingerprint density at radius 1 is 1.32 bits per heavy atom. The molecule has 1 aromatic carbocycles. The molecule has 0 radical (unpaired) electrons. The summed E-state index contributed by atoms with van der Waals surface area (Å²) in [6.45, 7) is 3.59. The minimum Gasteiger partial charge on any atom is -0.372 e. The van der Waals surface area contributed by atoms with E-state index in [0.29, 0.717) is 18.1 Å². The quantitative estimate of drug-likeness (QED) is 0.739. The molecule has 2 heterocycles. The minimum absolute atomic E-state index is 0.0690. The van der Waals surface area contributed by atoms with Gasteiger partial charge in [-0.1, -0.05) is 29.8 Å². The lowest BCUT2D eigenvalue weighted by Crippen LogP contribution is -3.13. The van der Waals surface area contributed by atoms with Crippen molar-refractivity contribution in [1.29, 1.82) is 0 Å². The van der Waals surface area contributed by atoms with Gasteiger partial charge in [0.1, 0.15) is 19.2 Å². The van der Waals surface area contributed by atoms with Crippen LogP contribution < -0.4 is 10.2 Å². The van der Waals surface area contributed by atoms with Crippen LogP contribution in [0.15, 0.2) is 41.8 Å². The Hall–Kier alpha value is -1.40. The van der Waals surface area contributed by atoms with E-state index in [9.17, 15) is 4.79 Å². The second kappa shape index (κ2) is 9.34. The van der Waals surface area contributed by atoms with Crippen molar-refractivity contribution in [2.75, 3.05) is 19.7 Å². The van der Waals surface area contributed by atoms with Crippen molar-refractivity contribution in [3.05, 3.63) is 57.2 Å². The van der Waals surface area contributed by atoms with Gasteiger partial charge >= 0.3 is 0 Å². The number of halogens is 1. The molecule has 3 rings (SSSR count). The van der Waals surface area contributed by atoms with Gasteiger partial charge in [-0.3, -0.25) is 4.79 Å². The zero-order valence-electron chi connectivity index (χ0n) is 14.2. The number of quaternary nitrogens is 1. The van der Waals surface area contributed by atoms with Crippen molar-refractivity contribution >= 4 is 28.8 Å². The van der Waals surface area contributed by atoms with Crippen molar-refractivity contribution in [1.82, 2.24) is 5.32 Å². The largest absolute Gasteiger partial charge is 0.372 e. The maximum Gasteiger partial charge on any atom is 0.275 e. The van der Waals surface area contributed by atoms with Crippen molar-refractivity contribution in [2.24, 2.45) is 0 Å². The summed E-state index contributed by atoms with van der Waals surface area (Å²) in [4.78, 5) is 15.0. The van der Waals surface area contributed by atoms with E-state index in [4.69, 9.17) is 16.3 Å². The Bertz CT molecular complexity index is 655. The standard InChI is InChI=1S/C19H23ClN2O2S/c20-16-7-5-15(6-8-16)11-21-19(23)14-22(12-17-3-1-9-24-17)13-18-4-2-10-25-18/h2,4-8,10,17H,1,3,9,11-14H2,(H,21,23)/p+1/t17-/m0/s1. The third kappa shape index (κ3) is 6.12. The molecule has 2 atom stereocenters. The van der Waals surface area contributed by atoms with E-state index in [2.05, 4.69) is 22.8 Å². The number of hydrogen-bond acceptors (Lipinski definition) is 3. The number of ether oxygens (including phenoxy) is 1. The topological polar surface area (TPSA) is 42.8 Å². The van der Waals surface area contributed by atoms with E-state index in [1.807, 2.05) is 24.3 Å². The Labute approximate surface area is 157 Å². The normalized spacial score (nSPS) is 18.2. The highest BCUT2D eigenvalue weighted by Gasteiger charge is 2.24. The van der Waals surface area contributed by atoms with Crippen LogP contribution in [0, 0.1) is 0 Å². The number of thiophene rings is 1. The summed E-state index contributed by atoms with van der Waals surface area (Å²) in [5.41, 5.74) is 1.05. The average Bonchev–Trinajstić information content (AvgIpc) is 3.28. The molecule has 0 saturated carbocycles. The molecule has 1 aliphatic rings. The molecule has 134 valence electrons. The van der Waals surface area contributed by atoms with Crippen LogP contribution in [0.3, 0.4) is 0 Å². The van der Waals surface area contributed by atoms with Gasteiger partial charge in [0.25, 0.3) is 5.91 Å². The Balaban J connectivity index is 1.52. The molecule has 0 spiro atoms. The lowest BCUT2D eigenvalue weighted by atomic mass is 10.2. The van der Waals surface area contributed by atoms with Crippen molar-refractivity contribution in [2.45, 2.75) is 32.0 Å². The maximum absolute atomic E-state index is 12.4. The summed E-state index contributed by atoms with van der Waals surface area (Å²) in [6.07, 6.45) is 2.50. The SMILES string of the molecule is O=C(C[NH+](Cc1cccs1)C[C@@H]1CCCO1)NCc1ccc(Cl)cc1. The van der Waals surface area contributed by atoms with Gasteiger partial charge in [-0.05, 0) is 42.0 Å². The van der Waals surface area contributed by atoms with E-state index in [1.165, 1.54) is 9.78 Å². The highest BCUT2D eigenvalue weighted by Crippen LogP contribution is 2.11. The fourth-order valence-corrected chi connectivity index (χ4v) is 3.99. The summed E-state index contributed by atoms with van der Waals surface area (Å²) in [6, 6.07) is 11.7. The van der Waals surface area contributed by atoms with Crippen molar-refractivity contribution in [3.8, 4) is 0 Å². The van der Waals surface area contributed by atoms with Gasteiger partial charge in [0.2, 0.25) is 0 Å². The van der Waals surface area contributed by atoms with Crippen LogP contribution in [0.2, 0.25) is 5.02 Å². The molecule has 1 saturated heterocycles. The third-order valence-corrected chi connectivity index (χ3v) is 5.49. The van der Waals surface area contributed by atoms with Crippen LogP contribution in [0.4, 0.5) is 0 Å². The van der Waals surface area contributed by atoms with Gasteiger partial charge in [0.15, 0.2) is 6.54 Å². The van der Waals surface area contributed by atoms with Crippen LogP contribution in [0.5, 0.6) is 0 Å². The highest BCUT2D eigenvalue weighted by molar-refractivity contribution is 7.09. The fourth-order valence-electron chi connectivity index (χ4n) is 3.09. The number of nitrogens with one attached hydrogen (secondary N) is 2. The molecule has 1 aliphatic heterocycles. The predicted molar refractivity (Wildman–Crippen MR) is 101 cm³/mol. The van der Waals surface area contributed by atoms with E-state index in [0.717, 1.165) is 38.1 Å². The molecule has 1 amide bonds. The van der Waals surface area contributed by atoms with E-state index < -0.39 is 0 Å². The molecule has 25 heavy (non-hydrogen) atoms. The monoisotopic (exact) mass is 379 g/mol. The molecule has 6 heteroatoms. The second-order valence-corrected chi connectivity index (χ2v) is 7.89. The molecule has 0 aliphatic carbocycles. The molecule has 2 N–H and O–H groups in total. The molecule has 0 bridgehead atoms. The van der Waals surface area contributed by atoms with Crippen molar-refractivity contribution in [3.63, 3.8) is 0 Å². The van der Waals surface area contributed by atoms with Gasteiger partial charge in [-0.15, -0.1) is 11.3 Å². The summed E-state index contributed by atoms with van der Waals surface area (Å²) < 4.78 is 5.76. The molecule has 4 nitrogen and oxygen atoms in total. The van der Waals surface area contributed by atoms with Crippen LogP contribution in [0.1, 0.15) is 23.3 Å². The Kier molecular flexibility index (Phi) is 6.87. The van der Waals surface area contributed by atoms with Gasteiger partial charge in [0, 0.05) is 18.2 Å². The van der Waals surface area contributed by atoms with Crippen LogP contribution in [-0.2, 0) is 22.6 Å². The first-order chi connectivity index (χ1) is 12.2. The third-order valence-electron chi connectivity index (χ3n) is 4.36. The van der Waals surface area contributed by atoms with Crippen LogP contribution in [0.25, 0.3) is 0 Å². The van der Waals surface area contributed by atoms with E-state index in [-0.39, 0.29) is 12.0 Å². The van der Waals surface area contributed by atoms with E-state index >= 15 is 0 Å². The molecule has 1 unspecified atom stereocenters. The fraction of sp³-hybridized carbons (Fsp3) is 0.421. The molecule has 2 aromatic rings. The Morgan fingerprint density at radius 2 is 2.16 bits per heavy atom. The van der Waals surface area contributed by atoms with Gasteiger partial charge in [-0.25, -0.2) is 0 Å². The van der Waals surface area contributed by atoms with E-state index in [1.54, 1.807) is 11.3 Å². The first-order valence-corrected chi connectivity index (χ1v) is 9.93. The minimum atomic E-state index is 0.0690. The first-order valence-electron chi connectivity index (χ1n) is 8.68. The summed E-state index contributed by atoms with van der Waals surface area (Å²) in [7, 11) is 0. The zero-order valence-corrected chi connectivity index (χ0v) is 15.7. The highest BCUT2D eigenvalue weighted by atomic mass is 35.5. The van der Waals surface area contributed by atoms with Gasteiger partial charge < -0.3 is 15.0 Å². The summed E-state index contributed by atoms with van der Waals surface area (Å²) in [5.74, 6) is 0.0690. The van der Waals surface area contributed by atoms with Crippen LogP contribution in [-0.4, -0.2) is 31.7 Å². The summed E-state index contributed by atoms with van der Waals surface area (Å²) in [5, 5.41) is 5.80. The van der Waals surface area contributed by atoms with Gasteiger partial charge in [-0.2, -0.15) is 0 Å². The number of carbonyl (C=O) groups is 1. The smallest absolute Gasteiger partial charge is 0.275 e. The van der Waals surface area contributed by atoms with Gasteiger partial charge in [0.05, 0.1) is 4.88 Å². The molecule has 1 fully saturated rings. The number of hydrogen-bond donors (Lipinski definition) is 2. The number of rotatable bonds is 8. The lowest BCUT2D eigenvalue weighted by molar-refractivity contribution is -0.908. The Morgan fingerprint density at radius 3 is 2.84 bits per heavy atom. The van der Waals surface area contributed by atoms with Crippen molar-refractivity contribution < 1.29 is 14.4 Å². The number of benzene rings is 1. The average molecular weight is 380 g/mol. The predicted octanol–water partition coefficient (Wildman–Crippen LogP) is 2.28. The lowest BCUT2D eigenvalue weighted by Gasteiger charge is -2.21. The molecule has 1 aromatic heterocycles.